The Morgan fingerprint density at radius 3 is 2.46 bits per heavy atom. The Hall–Kier alpha value is -2.49. The molecule has 0 aliphatic heterocycles. The second kappa shape index (κ2) is 10.7. The van der Waals surface area contributed by atoms with Crippen LogP contribution >= 0.6 is 28.1 Å². The van der Waals surface area contributed by atoms with Crippen LogP contribution in [0.5, 0.6) is 5.75 Å². The van der Waals surface area contributed by atoms with Gasteiger partial charge in [0.25, 0.3) is 11.8 Å². The van der Waals surface area contributed by atoms with Gasteiger partial charge in [0.05, 0.1) is 11.1 Å². The first-order valence-corrected chi connectivity index (χ1v) is 9.50. The van der Waals surface area contributed by atoms with Crippen molar-refractivity contribution in [1.82, 2.24) is 16.2 Å². The number of ether oxygens (including phenoxy) is 2. The topological polar surface area (TPSA) is 88.7 Å². The number of thiocarbonyl (C=S) groups is 1. The van der Waals surface area contributed by atoms with E-state index in [2.05, 4.69) is 32.1 Å². The molecular weight excluding hydrogens is 446 g/mol. The Balaban J connectivity index is 1.87. The van der Waals surface area contributed by atoms with E-state index in [0.717, 1.165) is 5.56 Å². The summed E-state index contributed by atoms with van der Waals surface area (Å²) in [7, 11) is 1.59. The van der Waals surface area contributed by atoms with E-state index in [4.69, 9.17) is 21.7 Å². The molecule has 0 fully saturated rings. The van der Waals surface area contributed by atoms with Gasteiger partial charge in [0, 0.05) is 18.2 Å². The molecule has 3 N–H and O–H groups in total. The fourth-order valence-corrected chi connectivity index (χ4v) is 2.81. The van der Waals surface area contributed by atoms with Gasteiger partial charge in [-0.15, -0.1) is 0 Å². The van der Waals surface area contributed by atoms with Crippen LogP contribution in [-0.2, 0) is 4.74 Å². The van der Waals surface area contributed by atoms with Gasteiger partial charge in [-0.05, 0) is 65.4 Å². The van der Waals surface area contributed by atoms with Crippen LogP contribution in [0.25, 0.3) is 0 Å². The average molecular weight is 466 g/mol. The molecule has 0 atom stereocenters. The minimum absolute atomic E-state index is 0.0254. The Morgan fingerprint density at radius 1 is 1.04 bits per heavy atom. The number of benzene rings is 2. The van der Waals surface area contributed by atoms with Gasteiger partial charge in [-0.1, -0.05) is 17.7 Å². The summed E-state index contributed by atoms with van der Waals surface area (Å²) in [5.74, 6) is -0.188. The molecule has 9 heteroatoms. The van der Waals surface area contributed by atoms with E-state index in [0.29, 0.717) is 34.6 Å². The summed E-state index contributed by atoms with van der Waals surface area (Å²) in [5, 5.41) is 2.47. The minimum Gasteiger partial charge on any atom is -0.490 e. The number of carbonyl (C=O) groups excluding carboxylic acids is 2. The number of amides is 2. The predicted molar refractivity (Wildman–Crippen MR) is 113 cm³/mol. The van der Waals surface area contributed by atoms with Crippen LogP contribution in [0.3, 0.4) is 0 Å². The molecule has 0 saturated heterocycles. The van der Waals surface area contributed by atoms with E-state index in [9.17, 15) is 9.59 Å². The zero-order valence-electron chi connectivity index (χ0n) is 15.4. The molecule has 2 aromatic carbocycles. The molecule has 2 aromatic rings. The molecule has 2 rings (SSSR count). The largest absolute Gasteiger partial charge is 0.490 e. The number of carbonyl (C=O) groups is 2. The van der Waals surface area contributed by atoms with Crippen LogP contribution in [0, 0.1) is 6.92 Å². The van der Waals surface area contributed by atoms with Gasteiger partial charge in [-0.3, -0.25) is 25.8 Å². The lowest BCUT2D eigenvalue weighted by molar-refractivity contribution is 0.0934. The van der Waals surface area contributed by atoms with Gasteiger partial charge in [0.15, 0.2) is 5.11 Å². The average Bonchev–Trinajstić information content (AvgIpc) is 2.67. The molecule has 0 radical (unpaired) electrons. The number of nitrogens with one attached hydrogen (secondary N) is 3. The number of hydrogen-bond donors (Lipinski definition) is 3. The maximum absolute atomic E-state index is 12.3. The predicted octanol–water partition coefficient (Wildman–Crippen LogP) is 2.73. The van der Waals surface area contributed by atoms with Crippen molar-refractivity contribution in [2.75, 3.05) is 20.3 Å². The molecule has 0 aromatic heterocycles. The molecule has 148 valence electrons. The Bertz CT molecular complexity index is 876. The molecule has 0 saturated carbocycles. The van der Waals surface area contributed by atoms with Gasteiger partial charge >= 0.3 is 0 Å². The fourth-order valence-electron chi connectivity index (χ4n) is 2.17. The normalized spacial score (nSPS) is 10.1. The third-order valence-corrected chi connectivity index (χ3v) is 4.36. The maximum Gasteiger partial charge on any atom is 0.269 e. The van der Waals surface area contributed by atoms with Crippen LogP contribution in [0.1, 0.15) is 26.3 Å². The van der Waals surface area contributed by atoms with Gasteiger partial charge in [-0.25, -0.2) is 0 Å². The molecule has 0 unspecified atom stereocenters. The number of hydrazine groups is 1. The molecule has 0 aliphatic carbocycles. The summed E-state index contributed by atoms with van der Waals surface area (Å²) >= 11 is 8.41. The fraction of sp³-hybridized carbons (Fsp3) is 0.211. The van der Waals surface area contributed by atoms with Crippen molar-refractivity contribution in [3.8, 4) is 5.75 Å². The van der Waals surface area contributed by atoms with Crippen molar-refractivity contribution in [2.24, 2.45) is 0 Å². The van der Waals surface area contributed by atoms with E-state index in [-0.39, 0.29) is 11.0 Å². The molecule has 0 heterocycles. The molecule has 0 spiro atoms. The highest BCUT2D eigenvalue weighted by Gasteiger charge is 2.12. The lowest BCUT2D eigenvalue weighted by atomic mass is 10.1. The summed E-state index contributed by atoms with van der Waals surface area (Å²) in [5.41, 5.74) is 6.78. The number of rotatable bonds is 6. The van der Waals surface area contributed by atoms with Crippen molar-refractivity contribution in [2.45, 2.75) is 6.92 Å². The Labute approximate surface area is 176 Å². The minimum atomic E-state index is -0.425. The maximum atomic E-state index is 12.3. The zero-order valence-corrected chi connectivity index (χ0v) is 17.8. The smallest absolute Gasteiger partial charge is 0.269 e. The van der Waals surface area contributed by atoms with Gasteiger partial charge in [0.2, 0.25) is 0 Å². The number of methoxy groups -OCH3 is 1. The Morgan fingerprint density at radius 2 is 1.79 bits per heavy atom. The molecule has 7 nitrogen and oxygen atoms in total. The van der Waals surface area contributed by atoms with Crippen molar-refractivity contribution in [3.63, 3.8) is 0 Å². The molecule has 0 bridgehead atoms. The zero-order chi connectivity index (χ0) is 20.5. The standard InChI is InChI=1S/C19H20BrN3O4S/c1-12-4-3-5-13(10-12)18(25)22-23-19(28)21-17(24)14-6-7-16(15(20)11-14)27-9-8-26-2/h3-7,10-11H,8-9H2,1-2H3,(H,22,25)(H2,21,23,24,28). The lowest BCUT2D eigenvalue weighted by Crippen LogP contribution is -2.48. The highest BCUT2D eigenvalue weighted by molar-refractivity contribution is 9.10. The quantitative estimate of drug-likeness (QED) is 0.345. The molecule has 0 aliphatic rings. The monoisotopic (exact) mass is 465 g/mol. The van der Waals surface area contributed by atoms with Crippen LogP contribution in [0.4, 0.5) is 0 Å². The van der Waals surface area contributed by atoms with Crippen molar-refractivity contribution < 1.29 is 19.1 Å². The van der Waals surface area contributed by atoms with E-state index >= 15 is 0 Å². The van der Waals surface area contributed by atoms with Gasteiger partial charge in [0.1, 0.15) is 12.4 Å². The molecular formula is C19H20BrN3O4S. The first kappa shape index (κ1) is 21.8. The highest BCUT2D eigenvalue weighted by Crippen LogP contribution is 2.26. The van der Waals surface area contributed by atoms with Gasteiger partial charge in [-0.2, -0.15) is 0 Å². The third kappa shape index (κ3) is 6.59. The second-order valence-corrected chi connectivity index (χ2v) is 6.98. The van der Waals surface area contributed by atoms with Crippen LogP contribution < -0.4 is 20.9 Å². The number of halogens is 1. The summed E-state index contributed by atoms with van der Waals surface area (Å²) in [4.78, 5) is 24.4. The van der Waals surface area contributed by atoms with Crippen LogP contribution in [0.2, 0.25) is 0 Å². The van der Waals surface area contributed by atoms with Crippen LogP contribution in [-0.4, -0.2) is 37.3 Å². The summed E-state index contributed by atoms with van der Waals surface area (Å²) in [6.45, 7) is 2.75. The lowest BCUT2D eigenvalue weighted by Gasteiger charge is -2.12. The van der Waals surface area contributed by atoms with Crippen molar-refractivity contribution in [1.29, 1.82) is 0 Å². The van der Waals surface area contributed by atoms with E-state index in [1.54, 1.807) is 43.5 Å². The van der Waals surface area contributed by atoms with Gasteiger partial charge < -0.3 is 9.47 Å². The van der Waals surface area contributed by atoms with Crippen LogP contribution in [0.15, 0.2) is 46.9 Å². The van der Waals surface area contributed by atoms with Crippen molar-refractivity contribution >= 4 is 45.1 Å². The Kier molecular flexibility index (Phi) is 8.37. The molecule has 2 amide bonds. The summed E-state index contributed by atoms with van der Waals surface area (Å²) in [6.07, 6.45) is 0. The highest BCUT2D eigenvalue weighted by atomic mass is 79.9. The first-order chi connectivity index (χ1) is 13.4. The van der Waals surface area contributed by atoms with E-state index in [1.165, 1.54) is 0 Å². The second-order valence-electron chi connectivity index (χ2n) is 5.72. The summed E-state index contributed by atoms with van der Waals surface area (Å²) in [6, 6.07) is 12.0. The SMILES string of the molecule is COCCOc1ccc(C(=O)NC(=S)NNC(=O)c2cccc(C)c2)cc1Br. The van der Waals surface area contributed by atoms with Crippen molar-refractivity contribution in [3.05, 3.63) is 63.6 Å². The summed E-state index contributed by atoms with van der Waals surface area (Å²) < 4.78 is 11.1. The van der Waals surface area contributed by atoms with E-state index < -0.39 is 5.91 Å². The first-order valence-electron chi connectivity index (χ1n) is 8.30. The number of aryl methyl sites for hydroxylation is 1. The third-order valence-electron chi connectivity index (χ3n) is 3.54. The molecule has 28 heavy (non-hydrogen) atoms. The number of hydrogen-bond acceptors (Lipinski definition) is 5. The van der Waals surface area contributed by atoms with E-state index in [1.807, 2.05) is 13.0 Å².